The molecule has 1 N–H and O–H groups in total. The topological polar surface area (TPSA) is 86.8 Å². The van der Waals surface area contributed by atoms with Crippen LogP contribution in [-0.2, 0) is 26.2 Å². The summed E-state index contributed by atoms with van der Waals surface area (Å²) in [6.45, 7) is 6.59. The zero-order valence-corrected chi connectivity index (χ0v) is 19.9. The van der Waals surface area contributed by atoms with E-state index in [1.54, 1.807) is 32.0 Å². The van der Waals surface area contributed by atoms with Crippen LogP contribution in [0, 0.1) is 19.7 Å². The molecule has 0 saturated heterocycles. The Bertz CT molecular complexity index is 1090. The molecule has 174 valence electrons. The number of nitrogens with zero attached hydrogens (tertiary/aromatic N) is 2. The number of rotatable bonds is 9. The number of halogens is 1. The van der Waals surface area contributed by atoms with Gasteiger partial charge < -0.3 is 10.2 Å². The summed E-state index contributed by atoms with van der Waals surface area (Å²) in [4.78, 5) is 27.0. The van der Waals surface area contributed by atoms with E-state index in [0.29, 0.717) is 12.2 Å². The zero-order valence-electron chi connectivity index (χ0n) is 19.1. The smallest absolute Gasteiger partial charge is 0.244 e. The highest BCUT2D eigenvalue weighted by Gasteiger charge is 2.30. The van der Waals surface area contributed by atoms with Crippen molar-refractivity contribution in [1.29, 1.82) is 0 Å². The number of amides is 2. The van der Waals surface area contributed by atoms with Crippen LogP contribution in [0.25, 0.3) is 0 Å². The fourth-order valence-electron chi connectivity index (χ4n) is 3.32. The summed E-state index contributed by atoms with van der Waals surface area (Å²) in [6.07, 6.45) is 1.02. The van der Waals surface area contributed by atoms with Gasteiger partial charge in [0.15, 0.2) is 0 Å². The second-order valence-electron chi connectivity index (χ2n) is 7.67. The molecule has 0 aliphatic heterocycles. The van der Waals surface area contributed by atoms with Crippen molar-refractivity contribution in [2.45, 2.75) is 40.3 Å². The summed E-state index contributed by atoms with van der Waals surface area (Å²) in [7, 11) is -3.81. The number of sulfonamides is 1. The molecule has 0 aromatic heterocycles. The Morgan fingerprint density at radius 2 is 1.75 bits per heavy atom. The van der Waals surface area contributed by atoms with Crippen LogP contribution in [-0.4, -0.2) is 50.5 Å². The molecule has 7 nitrogen and oxygen atoms in total. The Labute approximate surface area is 189 Å². The first-order valence-electron chi connectivity index (χ1n) is 10.3. The van der Waals surface area contributed by atoms with Gasteiger partial charge in [-0.05, 0) is 51.0 Å². The molecule has 0 spiro atoms. The summed E-state index contributed by atoms with van der Waals surface area (Å²) in [6, 6.07) is 10.2. The summed E-state index contributed by atoms with van der Waals surface area (Å²) in [5, 5.41) is 2.65. The minimum Gasteiger partial charge on any atom is -0.355 e. The molecule has 2 rings (SSSR count). The predicted molar refractivity (Wildman–Crippen MR) is 123 cm³/mol. The number of nitrogens with one attached hydrogen (secondary N) is 1. The molecule has 0 heterocycles. The maximum atomic E-state index is 14.3. The van der Waals surface area contributed by atoms with Crippen molar-refractivity contribution in [2.75, 3.05) is 23.7 Å². The SMILES string of the molecule is CCNC(=O)[C@H](C)N(Cc1ccccc1F)C(=O)CN(c1cccc(C)c1C)S(C)(=O)=O. The van der Waals surface area contributed by atoms with Crippen LogP contribution >= 0.6 is 0 Å². The highest BCUT2D eigenvalue weighted by atomic mass is 32.2. The number of anilines is 1. The van der Waals surface area contributed by atoms with E-state index in [0.717, 1.165) is 21.7 Å². The third-order valence-corrected chi connectivity index (χ3v) is 6.47. The molecule has 0 bridgehead atoms. The number of likely N-dealkylation sites (N-methyl/N-ethyl adjacent to an activating group) is 1. The van der Waals surface area contributed by atoms with Crippen molar-refractivity contribution in [3.63, 3.8) is 0 Å². The standard InChI is InChI=1S/C23H30FN3O4S/c1-6-25-23(29)18(4)26(14-19-11-7-8-12-20(19)24)22(28)15-27(32(5,30)31)21-13-9-10-16(2)17(21)3/h7-13,18H,6,14-15H2,1-5H3,(H,25,29)/t18-/m0/s1. The van der Waals surface area contributed by atoms with E-state index < -0.39 is 40.2 Å². The van der Waals surface area contributed by atoms with E-state index in [1.165, 1.54) is 30.0 Å². The highest BCUT2D eigenvalue weighted by Crippen LogP contribution is 2.25. The van der Waals surface area contributed by atoms with E-state index in [1.807, 2.05) is 13.0 Å². The maximum Gasteiger partial charge on any atom is 0.244 e. The van der Waals surface area contributed by atoms with Gasteiger partial charge in [0.1, 0.15) is 18.4 Å². The monoisotopic (exact) mass is 463 g/mol. The number of hydrogen-bond acceptors (Lipinski definition) is 4. The van der Waals surface area contributed by atoms with Gasteiger partial charge in [-0.15, -0.1) is 0 Å². The molecule has 0 aliphatic carbocycles. The van der Waals surface area contributed by atoms with Crippen LogP contribution in [0.2, 0.25) is 0 Å². The van der Waals surface area contributed by atoms with Gasteiger partial charge in [-0.1, -0.05) is 30.3 Å². The molecule has 0 radical (unpaired) electrons. The summed E-state index contributed by atoms with van der Waals surface area (Å²) in [5.74, 6) is -1.53. The Morgan fingerprint density at radius 1 is 1.09 bits per heavy atom. The lowest BCUT2D eigenvalue weighted by Crippen LogP contribution is -2.51. The van der Waals surface area contributed by atoms with Crippen LogP contribution in [0.3, 0.4) is 0 Å². The van der Waals surface area contributed by atoms with Crippen molar-refractivity contribution < 1.29 is 22.4 Å². The van der Waals surface area contributed by atoms with Crippen molar-refractivity contribution in [3.05, 3.63) is 65.0 Å². The number of carbonyl (C=O) groups is 2. The Kier molecular flexibility index (Phi) is 8.38. The van der Waals surface area contributed by atoms with Crippen LogP contribution < -0.4 is 9.62 Å². The molecule has 32 heavy (non-hydrogen) atoms. The fraction of sp³-hybridized carbons (Fsp3) is 0.391. The number of carbonyl (C=O) groups excluding carboxylic acids is 2. The number of hydrogen-bond donors (Lipinski definition) is 1. The highest BCUT2D eigenvalue weighted by molar-refractivity contribution is 7.92. The van der Waals surface area contributed by atoms with Crippen LogP contribution in [0.1, 0.15) is 30.5 Å². The van der Waals surface area contributed by atoms with E-state index in [2.05, 4.69) is 5.32 Å². The fourth-order valence-corrected chi connectivity index (χ4v) is 4.22. The maximum absolute atomic E-state index is 14.3. The third-order valence-electron chi connectivity index (χ3n) is 5.34. The minimum atomic E-state index is -3.81. The molecule has 9 heteroatoms. The lowest BCUT2D eigenvalue weighted by molar-refractivity contribution is -0.139. The quantitative estimate of drug-likeness (QED) is 0.620. The Morgan fingerprint density at radius 3 is 2.34 bits per heavy atom. The number of aryl methyl sites for hydroxylation is 1. The van der Waals surface area contributed by atoms with Gasteiger partial charge in [0.2, 0.25) is 21.8 Å². The second-order valence-corrected chi connectivity index (χ2v) is 9.58. The predicted octanol–water partition coefficient (Wildman–Crippen LogP) is 2.76. The van der Waals surface area contributed by atoms with E-state index >= 15 is 0 Å². The first kappa shape index (κ1) is 25.3. The van der Waals surface area contributed by atoms with E-state index in [9.17, 15) is 22.4 Å². The van der Waals surface area contributed by atoms with Crippen molar-refractivity contribution >= 4 is 27.5 Å². The summed E-state index contributed by atoms with van der Waals surface area (Å²) < 4.78 is 40.5. The zero-order chi connectivity index (χ0) is 24.1. The molecule has 1 atom stereocenters. The van der Waals surface area contributed by atoms with E-state index in [-0.39, 0.29) is 12.1 Å². The Hall–Kier alpha value is -2.94. The first-order valence-corrected chi connectivity index (χ1v) is 12.2. The number of benzene rings is 2. The lowest BCUT2D eigenvalue weighted by atomic mass is 10.1. The average Bonchev–Trinajstić information content (AvgIpc) is 2.72. The van der Waals surface area contributed by atoms with Gasteiger partial charge in [0, 0.05) is 18.7 Å². The lowest BCUT2D eigenvalue weighted by Gasteiger charge is -2.32. The molecule has 2 aromatic rings. The van der Waals surface area contributed by atoms with Gasteiger partial charge in [-0.3, -0.25) is 13.9 Å². The molecular weight excluding hydrogens is 433 g/mol. The van der Waals surface area contributed by atoms with E-state index in [4.69, 9.17) is 0 Å². The average molecular weight is 464 g/mol. The van der Waals surface area contributed by atoms with Crippen molar-refractivity contribution in [1.82, 2.24) is 10.2 Å². The normalized spacial score (nSPS) is 12.2. The molecule has 0 saturated carbocycles. The second kappa shape index (κ2) is 10.6. The van der Waals surface area contributed by atoms with Gasteiger partial charge in [0.05, 0.1) is 11.9 Å². The molecular formula is C23H30FN3O4S. The third kappa shape index (κ3) is 6.06. The molecule has 2 aromatic carbocycles. The van der Waals surface area contributed by atoms with Gasteiger partial charge in [-0.2, -0.15) is 0 Å². The van der Waals surface area contributed by atoms with Crippen LogP contribution in [0.5, 0.6) is 0 Å². The molecule has 0 fully saturated rings. The molecule has 0 aliphatic rings. The summed E-state index contributed by atoms with van der Waals surface area (Å²) in [5.41, 5.74) is 2.22. The van der Waals surface area contributed by atoms with Crippen LogP contribution in [0.4, 0.5) is 10.1 Å². The van der Waals surface area contributed by atoms with Crippen molar-refractivity contribution in [2.24, 2.45) is 0 Å². The van der Waals surface area contributed by atoms with Gasteiger partial charge >= 0.3 is 0 Å². The molecule has 0 unspecified atom stereocenters. The van der Waals surface area contributed by atoms with Gasteiger partial charge in [0.25, 0.3) is 0 Å². The summed E-state index contributed by atoms with van der Waals surface area (Å²) >= 11 is 0. The van der Waals surface area contributed by atoms with Crippen molar-refractivity contribution in [3.8, 4) is 0 Å². The Balaban J connectivity index is 2.45. The van der Waals surface area contributed by atoms with Crippen LogP contribution in [0.15, 0.2) is 42.5 Å². The molecule has 2 amide bonds. The first-order chi connectivity index (χ1) is 15.0. The minimum absolute atomic E-state index is 0.172. The van der Waals surface area contributed by atoms with Gasteiger partial charge in [-0.25, -0.2) is 12.8 Å². The largest absolute Gasteiger partial charge is 0.355 e.